The smallest absolute Gasteiger partial charge is 0.407 e. The molecule has 1 saturated heterocycles. The monoisotopic (exact) mass is 367 g/mol. The van der Waals surface area contributed by atoms with Crippen LogP contribution in [0.25, 0.3) is 0 Å². The van der Waals surface area contributed by atoms with E-state index in [9.17, 15) is 9.59 Å². The molecule has 0 aromatic heterocycles. The molecule has 6 heteroatoms. The van der Waals surface area contributed by atoms with Gasteiger partial charge in [0.1, 0.15) is 5.60 Å². The third-order valence-electron chi connectivity index (χ3n) is 5.49. The Hall–Kier alpha value is -1.30. The molecule has 1 saturated carbocycles. The Labute approximate surface area is 158 Å². The van der Waals surface area contributed by atoms with Crippen LogP contribution in [0.4, 0.5) is 4.79 Å². The number of alkyl carbamates (subject to hydrolysis) is 1. The van der Waals surface area contributed by atoms with Gasteiger partial charge < -0.3 is 15.4 Å². The molecule has 0 aromatic carbocycles. The van der Waals surface area contributed by atoms with Gasteiger partial charge in [0, 0.05) is 12.6 Å². The summed E-state index contributed by atoms with van der Waals surface area (Å²) < 4.78 is 5.26. The van der Waals surface area contributed by atoms with Crippen molar-refractivity contribution in [3.63, 3.8) is 0 Å². The molecule has 6 nitrogen and oxygen atoms in total. The number of likely N-dealkylation sites (tertiary alicyclic amines) is 1. The second-order valence-corrected chi connectivity index (χ2v) is 9.34. The fraction of sp³-hybridized carbons (Fsp3) is 0.900. The first-order valence-electron chi connectivity index (χ1n) is 10.1. The molecule has 2 amide bonds. The molecule has 2 fully saturated rings. The first-order chi connectivity index (χ1) is 12.1. The number of nitrogens with one attached hydrogen (secondary N) is 2. The van der Waals surface area contributed by atoms with E-state index in [0.29, 0.717) is 25.0 Å². The number of carbonyl (C=O) groups is 2. The van der Waals surface area contributed by atoms with Gasteiger partial charge in [-0.15, -0.1) is 0 Å². The lowest BCUT2D eigenvalue weighted by molar-refractivity contribution is -0.124. The third kappa shape index (κ3) is 7.14. The molecule has 150 valence electrons. The Morgan fingerprint density at radius 1 is 1.15 bits per heavy atom. The fourth-order valence-corrected chi connectivity index (χ4v) is 3.69. The largest absolute Gasteiger partial charge is 0.444 e. The Morgan fingerprint density at radius 2 is 1.77 bits per heavy atom. The maximum atomic E-state index is 12.2. The number of amides is 2. The van der Waals surface area contributed by atoms with E-state index in [4.69, 9.17) is 4.74 Å². The quantitative estimate of drug-likeness (QED) is 0.757. The molecule has 2 N–H and O–H groups in total. The molecule has 26 heavy (non-hydrogen) atoms. The molecular weight excluding hydrogens is 330 g/mol. The molecule has 0 radical (unpaired) electrons. The van der Waals surface area contributed by atoms with Crippen LogP contribution in [-0.4, -0.2) is 54.7 Å². The number of hydrogen-bond donors (Lipinski definition) is 2. The maximum Gasteiger partial charge on any atom is 0.407 e. The van der Waals surface area contributed by atoms with E-state index >= 15 is 0 Å². The van der Waals surface area contributed by atoms with Crippen molar-refractivity contribution in [2.24, 2.45) is 17.8 Å². The van der Waals surface area contributed by atoms with Crippen molar-refractivity contribution < 1.29 is 14.3 Å². The van der Waals surface area contributed by atoms with Crippen LogP contribution in [0.5, 0.6) is 0 Å². The van der Waals surface area contributed by atoms with Gasteiger partial charge in [-0.1, -0.05) is 13.8 Å². The molecule has 0 atom stereocenters. The van der Waals surface area contributed by atoms with Crippen LogP contribution in [0.1, 0.15) is 60.3 Å². The summed E-state index contributed by atoms with van der Waals surface area (Å²) in [4.78, 5) is 26.1. The van der Waals surface area contributed by atoms with Crippen LogP contribution in [0, 0.1) is 17.8 Å². The van der Waals surface area contributed by atoms with Crippen LogP contribution < -0.4 is 10.6 Å². The SMILES string of the molecule is CC(C)C1CC(NC(=O)CN2CCC(CNC(=O)OC(C)(C)C)CC2)C1. The highest BCUT2D eigenvalue weighted by Crippen LogP contribution is 2.33. The number of hydrogen-bond acceptors (Lipinski definition) is 4. The summed E-state index contributed by atoms with van der Waals surface area (Å²) in [5.74, 6) is 2.10. The number of ether oxygens (including phenoxy) is 1. The molecule has 2 rings (SSSR count). The predicted octanol–water partition coefficient (Wildman–Crippen LogP) is 2.77. The van der Waals surface area contributed by atoms with Crippen LogP contribution in [0.15, 0.2) is 0 Å². The average Bonchev–Trinajstić information content (AvgIpc) is 2.47. The zero-order chi connectivity index (χ0) is 19.3. The summed E-state index contributed by atoms with van der Waals surface area (Å²) in [7, 11) is 0. The number of rotatable bonds is 6. The second kappa shape index (κ2) is 9.07. The molecule has 0 spiro atoms. The van der Waals surface area contributed by atoms with Crippen LogP contribution in [0.2, 0.25) is 0 Å². The zero-order valence-corrected chi connectivity index (χ0v) is 17.1. The summed E-state index contributed by atoms with van der Waals surface area (Å²) in [6.45, 7) is 13.1. The number of nitrogens with zero attached hydrogens (tertiary/aromatic N) is 1. The molecule has 1 aliphatic heterocycles. The number of piperidine rings is 1. The summed E-state index contributed by atoms with van der Waals surface area (Å²) in [5, 5.41) is 6.03. The lowest BCUT2D eigenvalue weighted by Gasteiger charge is -2.39. The number of carbonyl (C=O) groups excluding carboxylic acids is 2. The van der Waals surface area contributed by atoms with E-state index in [-0.39, 0.29) is 12.0 Å². The van der Waals surface area contributed by atoms with Crippen LogP contribution in [0.3, 0.4) is 0 Å². The summed E-state index contributed by atoms with van der Waals surface area (Å²) in [5.41, 5.74) is -0.462. The lowest BCUT2D eigenvalue weighted by Crippen LogP contribution is -2.50. The molecule has 1 aliphatic carbocycles. The van der Waals surface area contributed by atoms with Gasteiger partial charge >= 0.3 is 6.09 Å². The highest BCUT2D eigenvalue weighted by atomic mass is 16.6. The van der Waals surface area contributed by atoms with E-state index in [2.05, 4.69) is 29.4 Å². The topological polar surface area (TPSA) is 70.7 Å². The Balaban J connectivity index is 1.57. The van der Waals surface area contributed by atoms with Crippen molar-refractivity contribution in [1.29, 1.82) is 0 Å². The van der Waals surface area contributed by atoms with Gasteiger partial charge in [0.05, 0.1) is 6.54 Å². The zero-order valence-electron chi connectivity index (χ0n) is 17.1. The minimum Gasteiger partial charge on any atom is -0.444 e. The Kier molecular flexibility index (Phi) is 7.33. The highest BCUT2D eigenvalue weighted by Gasteiger charge is 2.32. The summed E-state index contributed by atoms with van der Waals surface area (Å²) in [6, 6.07) is 0.380. The van der Waals surface area contributed by atoms with Crippen molar-refractivity contribution in [3.05, 3.63) is 0 Å². The Morgan fingerprint density at radius 3 is 2.31 bits per heavy atom. The van der Waals surface area contributed by atoms with Crippen molar-refractivity contribution in [3.8, 4) is 0 Å². The standard InChI is InChI=1S/C20H37N3O3/c1-14(2)16-10-17(11-16)22-18(24)13-23-8-6-15(7-9-23)12-21-19(25)26-20(3,4)5/h14-17H,6-13H2,1-5H3,(H,21,25)(H,22,24). The maximum absolute atomic E-state index is 12.2. The van der Waals surface area contributed by atoms with Crippen molar-refractivity contribution >= 4 is 12.0 Å². The first-order valence-corrected chi connectivity index (χ1v) is 10.1. The van der Waals surface area contributed by atoms with Crippen LogP contribution >= 0.6 is 0 Å². The van der Waals surface area contributed by atoms with E-state index in [1.807, 2.05) is 20.8 Å². The van der Waals surface area contributed by atoms with Crippen molar-refractivity contribution in [2.45, 2.75) is 71.9 Å². The molecule has 0 bridgehead atoms. The van der Waals surface area contributed by atoms with E-state index in [1.165, 1.54) is 0 Å². The van der Waals surface area contributed by atoms with E-state index < -0.39 is 5.60 Å². The molecule has 2 aliphatic rings. The first kappa shape index (κ1) is 21.0. The van der Waals surface area contributed by atoms with Gasteiger partial charge in [0.25, 0.3) is 0 Å². The average molecular weight is 368 g/mol. The summed E-state index contributed by atoms with van der Waals surface area (Å²) in [6.07, 6.45) is 3.91. The molecule has 0 unspecified atom stereocenters. The molecule has 0 aromatic rings. The van der Waals surface area contributed by atoms with Gasteiger partial charge in [-0.25, -0.2) is 4.79 Å². The van der Waals surface area contributed by atoms with Gasteiger partial charge in [-0.2, -0.15) is 0 Å². The van der Waals surface area contributed by atoms with Gasteiger partial charge in [-0.3, -0.25) is 9.69 Å². The second-order valence-electron chi connectivity index (χ2n) is 9.34. The minimum atomic E-state index is -0.462. The molecular formula is C20H37N3O3. The predicted molar refractivity (Wildman–Crippen MR) is 103 cm³/mol. The molecule has 1 heterocycles. The van der Waals surface area contributed by atoms with Gasteiger partial charge in [-0.05, 0) is 77.3 Å². The fourth-order valence-electron chi connectivity index (χ4n) is 3.69. The van der Waals surface area contributed by atoms with Gasteiger partial charge in [0.2, 0.25) is 5.91 Å². The Bertz CT molecular complexity index is 473. The van der Waals surface area contributed by atoms with E-state index in [0.717, 1.165) is 50.6 Å². The van der Waals surface area contributed by atoms with Gasteiger partial charge in [0.15, 0.2) is 0 Å². The minimum absolute atomic E-state index is 0.155. The van der Waals surface area contributed by atoms with Crippen molar-refractivity contribution in [2.75, 3.05) is 26.2 Å². The normalized spacial score (nSPS) is 24.8. The van der Waals surface area contributed by atoms with E-state index in [1.54, 1.807) is 0 Å². The summed E-state index contributed by atoms with van der Waals surface area (Å²) >= 11 is 0. The third-order valence-corrected chi connectivity index (χ3v) is 5.49. The van der Waals surface area contributed by atoms with Crippen LogP contribution in [-0.2, 0) is 9.53 Å². The highest BCUT2D eigenvalue weighted by molar-refractivity contribution is 5.78. The van der Waals surface area contributed by atoms with Crippen molar-refractivity contribution in [1.82, 2.24) is 15.5 Å². The lowest BCUT2D eigenvalue weighted by atomic mass is 9.74.